The molecule has 0 amide bonds. The molecule has 1 aliphatic heterocycles. The third-order valence-electron chi connectivity index (χ3n) is 7.47. The Bertz CT molecular complexity index is 1810. The van der Waals surface area contributed by atoms with E-state index in [0.29, 0.717) is 11.7 Å². The van der Waals surface area contributed by atoms with E-state index in [1.165, 1.54) is 12.8 Å². The summed E-state index contributed by atoms with van der Waals surface area (Å²) >= 11 is 0. The second-order valence-corrected chi connectivity index (χ2v) is 10.3. The number of pyridine rings is 3. The normalized spacial score (nSPS) is 14.1. The predicted octanol–water partition coefficient (Wildman–Crippen LogP) is 5.94. The van der Waals surface area contributed by atoms with Crippen LogP contribution in [0.15, 0.2) is 85.6 Å². The van der Waals surface area contributed by atoms with Crippen LogP contribution >= 0.6 is 0 Å². The topological polar surface area (TPSA) is 120 Å². The smallest absolute Gasteiger partial charge is 0.159 e. The molecule has 0 aliphatic carbocycles. The lowest BCUT2D eigenvalue weighted by Crippen LogP contribution is -2.28. The number of rotatable bonds is 7. The molecule has 6 aromatic rings. The average Bonchev–Trinajstić information content (AvgIpc) is 3.62. The van der Waals surface area contributed by atoms with Crippen LogP contribution in [-0.2, 0) is 0 Å². The molecule has 1 fully saturated rings. The Hall–Kier alpha value is -4.89. The van der Waals surface area contributed by atoms with Gasteiger partial charge in [0.1, 0.15) is 5.69 Å². The van der Waals surface area contributed by atoms with Crippen LogP contribution in [0.25, 0.3) is 56.0 Å². The molecule has 0 saturated carbocycles. The largest absolute Gasteiger partial charge is 0.358 e. The summed E-state index contributed by atoms with van der Waals surface area (Å²) in [5.74, 6) is 1.35. The third kappa shape index (κ3) is 4.71. The Labute approximate surface area is 231 Å². The first-order valence-electron chi connectivity index (χ1n) is 13.6. The lowest BCUT2D eigenvalue weighted by molar-refractivity contribution is 0.373. The fraction of sp³-hybridized carbons (Fsp3) is 0.194. The summed E-state index contributed by atoms with van der Waals surface area (Å²) in [5, 5.41) is 15.5. The maximum atomic E-state index is 4.94. The van der Waals surface area contributed by atoms with E-state index >= 15 is 0 Å². The van der Waals surface area contributed by atoms with E-state index in [0.717, 1.165) is 81.0 Å². The number of benzene rings is 1. The number of fused-ring (bicyclic) bond motifs is 2. The molecule has 0 radical (unpaired) electrons. The van der Waals surface area contributed by atoms with E-state index in [4.69, 9.17) is 4.98 Å². The van der Waals surface area contributed by atoms with Crippen molar-refractivity contribution in [3.05, 3.63) is 85.6 Å². The van der Waals surface area contributed by atoms with Crippen LogP contribution in [0.3, 0.4) is 0 Å². The van der Waals surface area contributed by atoms with Gasteiger partial charge in [-0.3, -0.25) is 20.1 Å². The van der Waals surface area contributed by atoms with Crippen molar-refractivity contribution in [3.63, 3.8) is 0 Å². The number of nitrogens with zero attached hydrogens (tertiary/aromatic N) is 5. The number of allylic oxidation sites excluding steroid dienone is 1. The number of aromatic amines is 2. The van der Waals surface area contributed by atoms with Crippen LogP contribution in [-0.4, -0.2) is 48.2 Å². The third-order valence-corrected chi connectivity index (χ3v) is 7.47. The zero-order valence-corrected chi connectivity index (χ0v) is 22.0. The minimum Gasteiger partial charge on any atom is -0.358 e. The van der Waals surface area contributed by atoms with Gasteiger partial charge in [-0.15, -0.1) is 0 Å². The van der Waals surface area contributed by atoms with Crippen LogP contribution < -0.4 is 10.6 Å². The minimum absolute atomic E-state index is 0.666. The number of para-hydroxylation sites is 1. The van der Waals surface area contributed by atoms with E-state index < -0.39 is 0 Å². The van der Waals surface area contributed by atoms with Crippen molar-refractivity contribution in [2.75, 3.05) is 18.4 Å². The number of aromatic nitrogens is 7. The molecule has 9 nitrogen and oxygen atoms in total. The predicted molar refractivity (Wildman–Crippen MR) is 158 cm³/mol. The van der Waals surface area contributed by atoms with Crippen LogP contribution in [0.1, 0.15) is 19.3 Å². The number of hydrogen-bond acceptors (Lipinski definition) is 7. The average molecular weight is 528 g/mol. The van der Waals surface area contributed by atoms with Gasteiger partial charge < -0.3 is 15.6 Å². The summed E-state index contributed by atoms with van der Waals surface area (Å²) in [7, 11) is 0. The van der Waals surface area contributed by atoms with Gasteiger partial charge in [0.15, 0.2) is 5.82 Å². The number of anilines is 1. The van der Waals surface area contributed by atoms with E-state index in [9.17, 15) is 0 Å². The highest BCUT2D eigenvalue weighted by Crippen LogP contribution is 2.32. The van der Waals surface area contributed by atoms with Crippen molar-refractivity contribution < 1.29 is 0 Å². The molecule has 1 aliphatic rings. The van der Waals surface area contributed by atoms with Gasteiger partial charge in [0.05, 0.1) is 46.0 Å². The van der Waals surface area contributed by atoms with Crippen LogP contribution in [0, 0.1) is 5.92 Å². The molecule has 0 bridgehead atoms. The van der Waals surface area contributed by atoms with Gasteiger partial charge in [-0.05, 0) is 68.6 Å². The monoisotopic (exact) mass is 527 g/mol. The first kappa shape index (κ1) is 24.2. The summed E-state index contributed by atoms with van der Waals surface area (Å²) in [6, 6.07) is 16.0. The molecule has 9 heteroatoms. The molecule has 6 heterocycles. The summed E-state index contributed by atoms with van der Waals surface area (Å²) in [6.07, 6.45) is 10.6. The summed E-state index contributed by atoms with van der Waals surface area (Å²) < 4.78 is 0. The zero-order chi connectivity index (χ0) is 26.9. The Kier molecular flexibility index (Phi) is 6.25. The first-order chi connectivity index (χ1) is 19.7. The van der Waals surface area contributed by atoms with Crippen molar-refractivity contribution >= 4 is 27.6 Å². The van der Waals surface area contributed by atoms with Gasteiger partial charge >= 0.3 is 0 Å². The Morgan fingerprint density at radius 2 is 1.88 bits per heavy atom. The maximum absolute atomic E-state index is 4.94. The van der Waals surface area contributed by atoms with Gasteiger partial charge in [-0.1, -0.05) is 24.8 Å². The highest BCUT2D eigenvalue weighted by atomic mass is 15.1. The molecule has 40 heavy (non-hydrogen) atoms. The molecule has 5 aromatic heterocycles. The Balaban J connectivity index is 1.19. The second kappa shape index (κ2) is 10.3. The number of H-pyrrole nitrogens is 2. The number of imidazole rings is 1. The Morgan fingerprint density at radius 1 is 0.950 bits per heavy atom. The van der Waals surface area contributed by atoms with Crippen molar-refractivity contribution in [1.29, 1.82) is 0 Å². The first-order valence-corrected chi connectivity index (χ1v) is 13.6. The highest BCUT2D eigenvalue weighted by molar-refractivity contribution is 5.97. The summed E-state index contributed by atoms with van der Waals surface area (Å²) in [6.45, 7) is 6.43. The van der Waals surface area contributed by atoms with Crippen molar-refractivity contribution in [2.45, 2.75) is 19.3 Å². The minimum atomic E-state index is 0.666. The number of piperidine rings is 1. The molecule has 0 unspecified atom stereocenters. The molecule has 1 aromatic carbocycles. The zero-order valence-electron chi connectivity index (χ0n) is 22.0. The molecule has 7 rings (SSSR count). The summed E-state index contributed by atoms with van der Waals surface area (Å²) in [4.78, 5) is 22.1. The maximum Gasteiger partial charge on any atom is 0.159 e. The standard InChI is InChI=1S/C31H29N9/c1-19(13-20-8-11-32-12-9-20)36-22-14-21(16-33-17-22)27-15-24-28(18-35-27)39-40-30(24)31-37-26-7-4-5-23(29(26)38-31)25-6-2-3-10-34-25/h2-7,10,14-18,20,32,36H,1,8-9,11-13H2,(H,37,38)(H,39,40). The van der Waals surface area contributed by atoms with Crippen molar-refractivity contribution in [1.82, 2.24) is 40.4 Å². The van der Waals surface area contributed by atoms with Crippen molar-refractivity contribution in [2.24, 2.45) is 5.92 Å². The Morgan fingerprint density at radius 3 is 2.75 bits per heavy atom. The molecule has 0 atom stereocenters. The lowest BCUT2D eigenvalue weighted by Gasteiger charge is -2.23. The van der Waals surface area contributed by atoms with Gasteiger partial charge in [-0.25, -0.2) is 4.98 Å². The van der Waals surface area contributed by atoms with Gasteiger partial charge in [0, 0.05) is 34.6 Å². The summed E-state index contributed by atoms with van der Waals surface area (Å²) in [5.41, 5.74) is 8.85. The van der Waals surface area contributed by atoms with E-state index in [-0.39, 0.29) is 0 Å². The van der Waals surface area contributed by atoms with E-state index in [2.05, 4.69) is 53.4 Å². The van der Waals surface area contributed by atoms with E-state index in [1.807, 2.05) is 54.9 Å². The molecule has 198 valence electrons. The van der Waals surface area contributed by atoms with Crippen LogP contribution in [0.5, 0.6) is 0 Å². The highest BCUT2D eigenvalue weighted by Gasteiger charge is 2.17. The molecule has 1 saturated heterocycles. The molecular formula is C31H29N9. The SMILES string of the molecule is C=C(CC1CCNCC1)Nc1cncc(-c2cc3c(-c4nc5c(-c6ccccn6)cccc5[nH]4)n[nH]c3cn2)c1. The molecular weight excluding hydrogens is 498 g/mol. The van der Waals surface area contributed by atoms with Gasteiger partial charge in [0.2, 0.25) is 0 Å². The van der Waals surface area contributed by atoms with Crippen LogP contribution in [0.4, 0.5) is 5.69 Å². The molecule has 0 spiro atoms. The quantitative estimate of drug-likeness (QED) is 0.203. The number of nitrogens with one attached hydrogen (secondary N) is 4. The molecule has 4 N–H and O–H groups in total. The van der Waals surface area contributed by atoms with Gasteiger partial charge in [-0.2, -0.15) is 5.10 Å². The van der Waals surface area contributed by atoms with Crippen molar-refractivity contribution in [3.8, 4) is 34.0 Å². The lowest BCUT2D eigenvalue weighted by atomic mass is 9.93. The number of hydrogen-bond donors (Lipinski definition) is 4. The van der Waals surface area contributed by atoms with Gasteiger partial charge in [0.25, 0.3) is 0 Å². The van der Waals surface area contributed by atoms with E-state index in [1.54, 1.807) is 12.4 Å². The fourth-order valence-corrected chi connectivity index (χ4v) is 5.47. The fourth-order valence-electron chi connectivity index (χ4n) is 5.47. The second-order valence-electron chi connectivity index (χ2n) is 10.3. The van der Waals surface area contributed by atoms with Crippen LogP contribution in [0.2, 0.25) is 0 Å².